The van der Waals surface area contributed by atoms with Gasteiger partial charge in [0, 0.05) is 30.1 Å². The minimum Gasteiger partial charge on any atom is -0.478 e. The van der Waals surface area contributed by atoms with Crippen LogP contribution in [0.2, 0.25) is 0 Å². The number of amides is 1. The predicted molar refractivity (Wildman–Crippen MR) is 150 cm³/mol. The molecule has 2 heterocycles. The Hall–Kier alpha value is -5.37. The van der Waals surface area contributed by atoms with Gasteiger partial charge in [-0.25, -0.2) is 13.7 Å². The zero-order valence-corrected chi connectivity index (χ0v) is 21.2. The van der Waals surface area contributed by atoms with Gasteiger partial charge in [0.15, 0.2) is 0 Å². The smallest absolute Gasteiger partial charge is 0.335 e. The Morgan fingerprint density at radius 2 is 1.60 bits per heavy atom. The molecular formula is C32H23FN4O3. The van der Waals surface area contributed by atoms with E-state index in [1.165, 1.54) is 18.2 Å². The highest BCUT2D eigenvalue weighted by atomic mass is 19.1. The van der Waals surface area contributed by atoms with Crippen LogP contribution in [-0.4, -0.2) is 31.8 Å². The highest BCUT2D eigenvalue weighted by Crippen LogP contribution is 2.27. The summed E-state index contributed by atoms with van der Waals surface area (Å²) in [6.07, 6.45) is 2.11. The number of halogens is 1. The molecule has 4 aromatic carbocycles. The summed E-state index contributed by atoms with van der Waals surface area (Å²) in [7, 11) is 0. The molecule has 0 unspecified atom stereocenters. The standard InChI is InChI=1S/C32H23FN4O3/c33-28-15-21(14-24-8-4-5-9-26(24)28)16-29-30-27(31(38)34-18-20-10-12-23(13-11-20)32(39)40)17-25(19-37(30)36-35-29)22-6-2-1-3-7-22/h1-15,17,19H,16,18H2,(H,34,38)(H,39,40). The third kappa shape index (κ3) is 4.90. The molecule has 0 spiro atoms. The van der Waals surface area contributed by atoms with Crippen molar-refractivity contribution in [1.29, 1.82) is 0 Å². The van der Waals surface area contributed by atoms with Gasteiger partial charge in [-0.05, 0) is 46.3 Å². The number of carbonyl (C=O) groups is 2. The number of fused-ring (bicyclic) bond motifs is 2. The van der Waals surface area contributed by atoms with E-state index >= 15 is 0 Å². The van der Waals surface area contributed by atoms with Gasteiger partial charge in [-0.3, -0.25) is 4.79 Å². The van der Waals surface area contributed by atoms with E-state index in [1.54, 1.807) is 34.8 Å². The van der Waals surface area contributed by atoms with E-state index in [0.29, 0.717) is 22.2 Å². The van der Waals surface area contributed by atoms with Gasteiger partial charge in [-0.1, -0.05) is 78.0 Å². The Labute approximate surface area is 228 Å². The lowest BCUT2D eigenvalue weighted by molar-refractivity contribution is 0.0696. The van der Waals surface area contributed by atoms with Crippen molar-refractivity contribution >= 4 is 28.2 Å². The topological polar surface area (TPSA) is 96.6 Å². The first-order chi connectivity index (χ1) is 19.5. The molecule has 0 aliphatic rings. The van der Waals surface area contributed by atoms with Crippen molar-refractivity contribution in [2.75, 3.05) is 0 Å². The summed E-state index contributed by atoms with van der Waals surface area (Å²) in [6, 6.07) is 28.5. The van der Waals surface area contributed by atoms with Crippen LogP contribution in [0, 0.1) is 5.82 Å². The molecule has 0 aliphatic carbocycles. The minimum absolute atomic E-state index is 0.174. The molecule has 0 radical (unpaired) electrons. The molecule has 7 nitrogen and oxygen atoms in total. The molecule has 0 atom stereocenters. The molecule has 0 saturated heterocycles. The van der Waals surface area contributed by atoms with Gasteiger partial charge in [0.05, 0.1) is 16.8 Å². The molecule has 8 heteroatoms. The van der Waals surface area contributed by atoms with Crippen LogP contribution in [0.1, 0.15) is 37.5 Å². The van der Waals surface area contributed by atoms with Gasteiger partial charge < -0.3 is 10.4 Å². The average Bonchev–Trinajstić information content (AvgIpc) is 3.38. The van der Waals surface area contributed by atoms with Crippen molar-refractivity contribution in [3.63, 3.8) is 0 Å². The number of pyridine rings is 1. The van der Waals surface area contributed by atoms with Crippen LogP contribution in [0.5, 0.6) is 0 Å². The molecule has 0 fully saturated rings. The number of carboxylic acids is 1. The molecule has 2 N–H and O–H groups in total. The summed E-state index contributed by atoms with van der Waals surface area (Å²) in [4.78, 5) is 24.7. The summed E-state index contributed by atoms with van der Waals surface area (Å²) in [5.74, 6) is -1.66. The van der Waals surface area contributed by atoms with Crippen LogP contribution in [-0.2, 0) is 13.0 Å². The maximum atomic E-state index is 14.8. The molecule has 40 heavy (non-hydrogen) atoms. The van der Waals surface area contributed by atoms with Gasteiger partial charge in [0.2, 0.25) is 0 Å². The Balaban J connectivity index is 1.38. The van der Waals surface area contributed by atoms with E-state index < -0.39 is 5.97 Å². The first-order valence-electron chi connectivity index (χ1n) is 12.7. The van der Waals surface area contributed by atoms with Crippen molar-refractivity contribution in [3.05, 3.63) is 137 Å². The average molecular weight is 531 g/mol. The summed E-state index contributed by atoms with van der Waals surface area (Å²) in [6.45, 7) is 0.202. The van der Waals surface area contributed by atoms with E-state index in [2.05, 4.69) is 15.6 Å². The van der Waals surface area contributed by atoms with E-state index in [9.17, 15) is 14.0 Å². The van der Waals surface area contributed by atoms with Crippen LogP contribution in [0.3, 0.4) is 0 Å². The molecule has 6 aromatic rings. The highest BCUT2D eigenvalue weighted by molar-refractivity contribution is 6.02. The number of carboxylic acid groups (broad SMARTS) is 1. The number of aromatic carboxylic acids is 1. The zero-order valence-electron chi connectivity index (χ0n) is 21.2. The predicted octanol–water partition coefficient (Wildman–Crippen LogP) is 5.91. The van der Waals surface area contributed by atoms with Gasteiger partial charge in [-0.2, -0.15) is 0 Å². The van der Waals surface area contributed by atoms with Crippen molar-refractivity contribution in [1.82, 2.24) is 20.1 Å². The highest BCUT2D eigenvalue weighted by Gasteiger charge is 2.20. The van der Waals surface area contributed by atoms with Crippen molar-refractivity contribution < 1.29 is 19.1 Å². The molecule has 2 aromatic heterocycles. The molecule has 196 valence electrons. The van der Waals surface area contributed by atoms with Gasteiger partial charge in [-0.15, -0.1) is 5.10 Å². The van der Waals surface area contributed by atoms with Crippen molar-refractivity contribution in [3.8, 4) is 11.1 Å². The lowest BCUT2D eigenvalue weighted by Crippen LogP contribution is -2.24. The van der Waals surface area contributed by atoms with Crippen LogP contribution in [0.4, 0.5) is 4.39 Å². The third-order valence-electron chi connectivity index (χ3n) is 6.83. The Morgan fingerprint density at radius 3 is 2.38 bits per heavy atom. The van der Waals surface area contributed by atoms with E-state index in [0.717, 1.165) is 27.6 Å². The molecular weight excluding hydrogens is 507 g/mol. The van der Waals surface area contributed by atoms with E-state index in [-0.39, 0.29) is 30.3 Å². The fourth-order valence-corrected chi connectivity index (χ4v) is 4.83. The Kier molecular flexibility index (Phi) is 6.49. The largest absolute Gasteiger partial charge is 0.478 e. The number of carbonyl (C=O) groups excluding carboxylic acids is 1. The maximum absolute atomic E-state index is 14.8. The molecule has 0 bridgehead atoms. The summed E-state index contributed by atoms with van der Waals surface area (Å²) in [5, 5.41) is 22.1. The molecule has 6 rings (SSSR count). The summed E-state index contributed by atoms with van der Waals surface area (Å²) in [5.41, 5.74) is 4.81. The SMILES string of the molecule is O=C(O)c1ccc(CNC(=O)c2cc(-c3ccccc3)cn3nnc(Cc4cc(F)c5ccccc5c4)c23)cc1. The maximum Gasteiger partial charge on any atom is 0.335 e. The first kappa shape index (κ1) is 24.9. The zero-order chi connectivity index (χ0) is 27.6. The fourth-order valence-electron chi connectivity index (χ4n) is 4.83. The Morgan fingerprint density at radius 1 is 0.850 bits per heavy atom. The molecule has 1 amide bonds. The van der Waals surface area contributed by atoms with Crippen LogP contribution < -0.4 is 5.32 Å². The lowest BCUT2D eigenvalue weighted by atomic mass is 10.0. The van der Waals surface area contributed by atoms with Crippen LogP contribution >= 0.6 is 0 Å². The van der Waals surface area contributed by atoms with Crippen molar-refractivity contribution in [2.45, 2.75) is 13.0 Å². The van der Waals surface area contributed by atoms with Crippen molar-refractivity contribution in [2.24, 2.45) is 0 Å². The normalized spacial score (nSPS) is 11.1. The number of hydrogen-bond donors (Lipinski definition) is 2. The number of aromatic nitrogens is 3. The minimum atomic E-state index is -1.01. The number of nitrogens with zero attached hydrogens (tertiary/aromatic N) is 3. The van der Waals surface area contributed by atoms with Gasteiger partial charge in [0.25, 0.3) is 5.91 Å². The third-order valence-corrected chi connectivity index (χ3v) is 6.83. The summed E-state index contributed by atoms with van der Waals surface area (Å²) >= 11 is 0. The first-order valence-corrected chi connectivity index (χ1v) is 12.7. The number of hydrogen-bond acceptors (Lipinski definition) is 4. The molecule has 0 aliphatic heterocycles. The monoisotopic (exact) mass is 530 g/mol. The second-order valence-electron chi connectivity index (χ2n) is 9.50. The van der Waals surface area contributed by atoms with Crippen LogP contribution in [0.15, 0.2) is 103 Å². The van der Waals surface area contributed by atoms with E-state index in [4.69, 9.17) is 5.11 Å². The Bertz CT molecular complexity index is 1880. The van der Waals surface area contributed by atoms with Gasteiger partial charge >= 0.3 is 5.97 Å². The second kappa shape index (κ2) is 10.4. The number of rotatable bonds is 7. The van der Waals surface area contributed by atoms with Crippen LogP contribution in [0.25, 0.3) is 27.4 Å². The quantitative estimate of drug-likeness (QED) is 0.268. The molecule has 0 saturated carbocycles. The number of benzene rings is 4. The summed E-state index contributed by atoms with van der Waals surface area (Å²) < 4.78 is 16.4. The van der Waals surface area contributed by atoms with Gasteiger partial charge in [0.1, 0.15) is 11.3 Å². The van der Waals surface area contributed by atoms with E-state index in [1.807, 2.05) is 54.7 Å². The second-order valence-corrected chi connectivity index (χ2v) is 9.50. The number of nitrogens with one attached hydrogen (secondary N) is 1. The lowest BCUT2D eigenvalue weighted by Gasteiger charge is -2.11. The fraction of sp³-hybridized carbons (Fsp3) is 0.0625.